The third kappa shape index (κ3) is 9.46. The molecule has 1 rings (SSSR count). The summed E-state index contributed by atoms with van der Waals surface area (Å²) in [6.07, 6.45) is 8.12. The van der Waals surface area contributed by atoms with Gasteiger partial charge < -0.3 is 10.2 Å². The summed E-state index contributed by atoms with van der Waals surface area (Å²) in [4.78, 5) is 14.4. The molecule has 27 heavy (non-hydrogen) atoms. The van der Waals surface area contributed by atoms with Crippen LogP contribution >= 0.6 is 0 Å². The van der Waals surface area contributed by atoms with E-state index in [1.54, 1.807) is 9.48 Å². The van der Waals surface area contributed by atoms with Gasteiger partial charge in [0, 0.05) is 6.42 Å². The number of unbranched alkanes of at least 4 members (excludes halogenated alkanes) is 3. The monoisotopic (exact) mass is 405 g/mol. The van der Waals surface area contributed by atoms with Gasteiger partial charge >= 0.3 is 5.84 Å². The summed E-state index contributed by atoms with van der Waals surface area (Å²) in [6.45, 7) is 3.27. The lowest BCUT2D eigenvalue weighted by Crippen LogP contribution is -2.40. The van der Waals surface area contributed by atoms with E-state index < -0.39 is 22.0 Å². The number of hydrogen-bond donors (Lipinski definition) is 3. The average molecular weight is 406 g/mol. The lowest BCUT2D eigenvalue weighted by molar-refractivity contribution is -0.525. The van der Waals surface area contributed by atoms with Crippen LogP contribution in [0.5, 0.6) is 0 Å². The molecule has 0 radical (unpaired) electrons. The summed E-state index contributed by atoms with van der Waals surface area (Å²) in [6, 6.07) is 0. The average Bonchev–Trinajstić information content (AvgIpc) is 2.94. The molecule has 0 saturated heterocycles. The predicted molar refractivity (Wildman–Crippen MR) is 104 cm³/mol. The molecule has 1 unspecified atom stereocenters. The molecule has 1 atom stereocenters. The van der Waals surface area contributed by atoms with E-state index >= 15 is 0 Å². The van der Waals surface area contributed by atoms with Crippen molar-refractivity contribution in [3.05, 3.63) is 12.2 Å². The van der Waals surface area contributed by atoms with Gasteiger partial charge in [0.25, 0.3) is 10.1 Å². The number of amidine groups is 1. The van der Waals surface area contributed by atoms with Gasteiger partial charge in [-0.25, -0.2) is 0 Å². The molecule has 156 valence electrons. The van der Waals surface area contributed by atoms with Crippen LogP contribution in [0.15, 0.2) is 12.2 Å². The van der Waals surface area contributed by atoms with Crippen molar-refractivity contribution in [2.75, 3.05) is 38.5 Å². The first-order chi connectivity index (χ1) is 12.8. The van der Waals surface area contributed by atoms with Crippen molar-refractivity contribution in [2.45, 2.75) is 51.6 Å². The van der Waals surface area contributed by atoms with Crippen molar-refractivity contribution in [2.24, 2.45) is 0 Å². The van der Waals surface area contributed by atoms with Gasteiger partial charge in [-0.2, -0.15) is 8.42 Å². The number of rotatable bonds is 14. The van der Waals surface area contributed by atoms with E-state index in [-0.39, 0.29) is 18.9 Å². The van der Waals surface area contributed by atoms with Crippen LogP contribution in [0.1, 0.15) is 45.4 Å². The number of carbonyl (C=O) groups excluding carboxylic acids is 1. The third-order valence-corrected chi connectivity index (χ3v) is 5.15. The minimum absolute atomic E-state index is 0.0530. The minimum atomic E-state index is -4.28. The summed E-state index contributed by atoms with van der Waals surface area (Å²) in [5, 5.41) is 19.1. The number of β-amino-alcohol motifs (C(OH)–C–C–N with tert-alkyl or cyclic N) is 2. The standard InChI is InChI=1S/C18H32N2O6S/c1-2-3-4-5-6-7-8-9-17(23)18-19(12-13-21)10-11-20(18)14-16(22)15-27(24,25)26/h4-5,16,21-22H,2-3,6-15H2,1H3/p+1/b5-4+. The van der Waals surface area contributed by atoms with E-state index in [2.05, 4.69) is 19.1 Å². The summed E-state index contributed by atoms with van der Waals surface area (Å²) < 4.78 is 32.4. The number of hydrogen-bond acceptors (Lipinski definition) is 6. The third-order valence-electron chi connectivity index (χ3n) is 4.34. The molecule has 0 aromatic heterocycles. The maximum Gasteiger partial charge on any atom is 0.316 e. The molecule has 8 nitrogen and oxygen atoms in total. The van der Waals surface area contributed by atoms with Crippen LogP contribution < -0.4 is 0 Å². The van der Waals surface area contributed by atoms with Crippen molar-refractivity contribution in [1.29, 1.82) is 0 Å². The molecular weight excluding hydrogens is 372 g/mol. The Morgan fingerprint density at radius 1 is 1.30 bits per heavy atom. The molecule has 0 saturated carbocycles. The number of aliphatic hydroxyl groups is 2. The largest absolute Gasteiger partial charge is 0.392 e. The number of ketones is 1. The van der Waals surface area contributed by atoms with Gasteiger partial charge in [0.2, 0.25) is 5.78 Å². The zero-order chi connectivity index (χ0) is 20.3. The molecule has 0 aromatic carbocycles. The second kappa shape index (κ2) is 12.2. The van der Waals surface area contributed by atoms with Gasteiger partial charge in [0.1, 0.15) is 38.0 Å². The Morgan fingerprint density at radius 3 is 2.63 bits per heavy atom. The van der Waals surface area contributed by atoms with Gasteiger partial charge in [0.15, 0.2) is 0 Å². The fraction of sp³-hybridized carbons (Fsp3) is 0.778. The van der Waals surface area contributed by atoms with Crippen LogP contribution in [0.25, 0.3) is 0 Å². The molecule has 9 heteroatoms. The summed E-state index contributed by atoms with van der Waals surface area (Å²) in [7, 11) is -4.28. The zero-order valence-corrected chi connectivity index (χ0v) is 16.9. The highest BCUT2D eigenvalue weighted by Crippen LogP contribution is 2.10. The second-order valence-electron chi connectivity index (χ2n) is 6.81. The normalized spacial score (nSPS) is 16.5. The molecule has 1 heterocycles. The number of aliphatic hydroxyl groups excluding tert-OH is 2. The first-order valence-corrected chi connectivity index (χ1v) is 11.2. The molecule has 0 aliphatic carbocycles. The predicted octanol–water partition coefficient (Wildman–Crippen LogP) is 0.440. The zero-order valence-electron chi connectivity index (χ0n) is 16.1. The Hall–Kier alpha value is -1.29. The van der Waals surface area contributed by atoms with Crippen molar-refractivity contribution >= 4 is 21.7 Å². The van der Waals surface area contributed by atoms with Crippen molar-refractivity contribution in [3.63, 3.8) is 0 Å². The Bertz CT molecular complexity index is 630. The van der Waals surface area contributed by atoms with E-state index in [0.717, 1.165) is 32.1 Å². The molecule has 0 fully saturated rings. The first kappa shape index (κ1) is 23.7. The molecule has 0 bridgehead atoms. The molecule has 0 aromatic rings. The Morgan fingerprint density at radius 2 is 2.00 bits per heavy atom. The van der Waals surface area contributed by atoms with Gasteiger partial charge in [-0.3, -0.25) is 18.8 Å². The number of nitrogens with zero attached hydrogens (tertiary/aromatic N) is 2. The van der Waals surface area contributed by atoms with Crippen molar-refractivity contribution < 1.29 is 32.6 Å². The number of Topliss-reactive ketones (excluding diaryl/α,β-unsaturated/α-hetero) is 1. The lowest BCUT2D eigenvalue weighted by Gasteiger charge is -2.13. The Kier molecular flexibility index (Phi) is 10.8. The maximum absolute atomic E-state index is 12.7. The highest BCUT2D eigenvalue weighted by atomic mass is 32.2. The van der Waals surface area contributed by atoms with Crippen molar-refractivity contribution in [3.8, 4) is 0 Å². The highest BCUT2D eigenvalue weighted by Gasteiger charge is 2.36. The molecule has 1 aliphatic heterocycles. The minimum Gasteiger partial charge on any atom is -0.392 e. The molecular formula is C18H33N2O6S+. The fourth-order valence-electron chi connectivity index (χ4n) is 3.13. The molecule has 3 N–H and O–H groups in total. The SMILES string of the molecule is CCC/C=C/CCCCC(=O)C1=[N+](CC(O)CS(=O)(=O)O)CCN1CCO. The number of allylic oxidation sites excluding steroid dienone is 2. The van der Waals surface area contributed by atoms with Gasteiger partial charge in [-0.15, -0.1) is 0 Å². The Balaban J connectivity index is 2.67. The lowest BCUT2D eigenvalue weighted by atomic mass is 10.1. The van der Waals surface area contributed by atoms with Gasteiger partial charge in [0.05, 0.1) is 6.61 Å². The highest BCUT2D eigenvalue weighted by molar-refractivity contribution is 7.85. The van der Waals surface area contributed by atoms with E-state index in [4.69, 9.17) is 4.55 Å². The van der Waals surface area contributed by atoms with E-state index in [1.807, 2.05) is 0 Å². The maximum atomic E-state index is 12.7. The summed E-state index contributed by atoms with van der Waals surface area (Å²) >= 11 is 0. The van der Waals surface area contributed by atoms with Crippen LogP contribution in [0.4, 0.5) is 0 Å². The molecule has 0 amide bonds. The Labute approximate surface area is 161 Å². The van der Waals surface area contributed by atoms with Crippen LogP contribution in [-0.4, -0.2) is 88.9 Å². The quantitative estimate of drug-likeness (QED) is 0.166. The topological polar surface area (TPSA) is 118 Å². The number of carbonyl (C=O) groups is 1. The van der Waals surface area contributed by atoms with E-state index in [1.165, 1.54) is 0 Å². The summed E-state index contributed by atoms with van der Waals surface area (Å²) in [5.41, 5.74) is 0. The van der Waals surface area contributed by atoms with Crippen LogP contribution in [0.2, 0.25) is 0 Å². The van der Waals surface area contributed by atoms with E-state index in [0.29, 0.717) is 31.9 Å². The second-order valence-corrected chi connectivity index (χ2v) is 8.31. The van der Waals surface area contributed by atoms with Gasteiger partial charge in [-0.05, 0) is 25.7 Å². The van der Waals surface area contributed by atoms with Crippen LogP contribution in [0, 0.1) is 0 Å². The van der Waals surface area contributed by atoms with Crippen LogP contribution in [-0.2, 0) is 14.9 Å². The summed E-state index contributed by atoms with van der Waals surface area (Å²) in [5.74, 6) is -0.424. The molecule has 0 spiro atoms. The fourth-order valence-corrected chi connectivity index (χ4v) is 3.73. The van der Waals surface area contributed by atoms with E-state index in [9.17, 15) is 23.4 Å². The van der Waals surface area contributed by atoms with Crippen LogP contribution in [0.3, 0.4) is 0 Å². The van der Waals surface area contributed by atoms with Gasteiger partial charge in [-0.1, -0.05) is 25.5 Å². The molecule has 1 aliphatic rings. The smallest absolute Gasteiger partial charge is 0.316 e. The first-order valence-electron chi connectivity index (χ1n) is 9.57. The van der Waals surface area contributed by atoms with Crippen molar-refractivity contribution in [1.82, 2.24) is 4.90 Å².